The van der Waals surface area contributed by atoms with Gasteiger partial charge in [0, 0.05) is 22.5 Å². The van der Waals surface area contributed by atoms with Gasteiger partial charge in [-0.2, -0.15) is 4.98 Å². The fourth-order valence-electron chi connectivity index (χ4n) is 2.65. The molecule has 28 heavy (non-hydrogen) atoms. The summed E-state index contributed by atoms with van der Waals surface area (Å²) in [6.45, 7) is 4.30. The van der Waals surface area contributed by atoms with Gasteiger partial charge in [0.2, 0.25) is 17.6 Å². The van der Waals surface area contributed by atoms with E-state index in [1.807, 2.05) is 62.4 Å². The Hall–Kier alpha value is -2.31. The molecule has 2 aromatic carbocycles. The predicted molar refractivity (Wildman–Crippen MR) is 112 cm³/mol. The minimum Gasteiger partial charge on any atom is -0.337 e. The van der Waals surface area contributed by atoms with E-state index >= 15 is 0 Å². The minimum atomic E-state index is -0.189. The average Bonchev–Trinajstić information content (AvgIpc) is 3.16. The Balaban J connectivity index is 1.64. The van der Waals surface area contributed by atoms with Gasteiger partial charge in [0.1, 0.15) is 0 Å². The van der Waals surface area contributed by atoms with Gasteiger partial charge in [0.05, 0.1) is 11.8 Å². The molecule has 1 heterocycles. The summed E-state index contributed by atoms with van der Waals surface area (Å²) in [5, 5.41) is 4.52. The predicted octanol–water partition coefficient (Wildman–Crippen LogP) is 5.23. The molecule has 1 aromatic heterocycles. The van der Waals surface area contributed by atoms with Crippen molar-refractivity contribution in [2.75, 3.05) is 7.05 Å². The fourth-order valence-corrected chi connectivity index (χ4v) is 3.85. The molecule has 7 heteroatoms. The maximum Gasteiger partial charge on any atom is 0.246 e. The molecule has 3 rings (SSSR count). The maximum atomic E-state index is 12.9. The Morgan fingerprint density at radius 3 is 2.50 bits per heavy atom. The molecule has 1 atom stereocenters. The first-order valence-electron chi connectivity index (χ1n) is 9.03. The highest BCUT2D eigenvalue weighted by Crippen LogP contribution is 2.28. The van der Waals surface area contributed by atoms with Crippen molar-refractivity contribution in [2.45, 2.75) is 37.0 Å². The lowest BCUT2D eigenvalue weighted by molar-refractivity contribution is -0.130. The Bertz CT molecular complexity index is 926. The van der Waals surface area contributed by atoms with Crippen LogP contribution in [0.15, 0.2) is 57.9 Å². The summed E-state index contributed by atoms with van der Waals surface area (Å²) >= 11 is 7.46. The normalized spacial score (nSPS) is 12.0. The van der Waals surface area contributed by atoms with Crippen molar-refractivity contribution in [3.05, 3.63) is 65.0 Å². The van der Waals surface area contributed by atoms with E-state index in [4.69, 9.17) is 16.1 Å². The summed E-state index contributed by atoms with van der Waals surface area (Å²) in [7, 11) is 1.75. The molecule has 5 nitrogen and oxygen atoms in total. The number of nitrogens with zero attached hydrogens (tertiary/aromatic N) is 3. The molecular weight excluding hydrogens is 394 g/mol. The third kappa shape index (κ3) is 5.14. The Morgan fingerprint density at radius 2 is 1.86 bits per heavy atom. The first kappa shape index (κ1) is 20.4. The zero-order chi connectivity index (χ0) is 20.1. The molecule has 0 bridgehead atoms. The van der Waals surface area contributed by atoms with Crippen LogP contribution in [-0.4, -0.2) is 33.2 Å². The SMILES string of the molecule is CC[C@H](Sc1ccc(Cl)cc1)C(=O)N(C)Cc1nc(-c2ccc(C)cc2)no1. The van der Waals surface area contributed by atoms with Crippen molar-refractivity contribution in [3.63, 3.8) is 0 Å². The van der Waals surface area contributed by atoms with Crippen LogP contribution < -0.4 is 0 Å². The number of carbonyl (C=O) groups excluding carboxylic acids is 1. The summed E-state index contributed by atoms with van der Waals surface area (Å²) < 4.78 is 5.34. The van der Waals surface area contributed by atoms with Crippen molar-refractivity contribution in [3.8, 4) is 11.4 Å². The Morgan fingerprint density at radius 1 is 1.18 bits per heavy atom. The third-order valence-electron chi connectivity index (χ3n) is 4.26. The molecule has 0 radical (unpaired) electrons. The van der Waals surface area contributed by atoms with E-state index < -0.39 is 0 Å². The number of benzene rings is 2. The highest BCUT2D eigenvalue weighted by molar-refractivity contribution is 8.00. The van der Waals surface area contributed by atoms with E-state index in [1.54, 1.807) is 11.9 Å². The number of carbonyl (C=O) groups is 1. The summed E-state index contributed by atoms with van der Waals surface area (Å²) in [6.07, 6.45) is 0.717. The van der Waals surface area contributed by atoms with Crippen LogP contribution in [0.25, 0.3) is 11.4 Å². The van der Waals surface area contributed by atoms with E-state index in [0.29, 0.717) is 16.7 Å². The molecule has 0 unspecified atom stereocenters. The van der Waals surface area contributed by atoms with Gasteiger partial charge in [-0.3, -0.25) is 4.79 Å². The second-order valence-electron chi connectivity index (χ2n) is 6.54. The second-order valence-corrected chi connectivity index (χ2v) is 8.25. The van der Waals surface area contributed by atoms with E-state index in [0.717, 1.165) is 16.9 Å². The largest absolute Gasteiger partial charge is 0.337 e. The number of hydrogen-bond acceptors (Lipinski definition) is 5. The van der Waals surface area contributed by atoms with Crippen LogP contribution in [0.5, 0.6) is 0 Å². The van der Waals surface area contributed by atoms with E-state index in [-0.39, 0.29) is 17.7 Å². The number of amides is 1. The molecule has 146 valence electrons. The quantitative estimate of drug-likeness (QED) is 0.494. The van der Waals surface area contributed by atoms with Crippen molar-refractivity contribution in [1.82, 2.24) is 15.0 Å². The van der Waals surface area contributed by atoms with Crippen LogP contribution in [0.1, 0.15) is 24.8 Å². The van der Waals surface area contributed by atoms with Gasteiger partial charge in [-0.05, 0) is 37.6 Å². The summed E-state index contributed by atoms with van der Waals surface area (Å²) in [5.41, 5.74) is 2.06. The number of halogens is 1. The lowest BCUT2D eigenvalue weighted by Crippen LogP contribution is -2.34. The fraction of sp³-hybridized carbons (Fsp3) is 0.286. The molecular formula is C21H22ClN3O2S. The van der Waals surface area contributed by atoms with Crippen LogP contribution >= 0.6 is 23.4 Å². The van der Waals surface area contributed by atoms with Crippen LogP contribution in [0.2, 0.25) is 5.02 Å². The lowest BCUT2D eigenvalue weighted by Gasteiger charge is -2.21. The third-order valence-corrected chi connectivity index (χ3v) is 5.88. The molecule has 0 spiro atoms. The molecule has 3 aromatic rings. The van der Waals surface area contributed by atoms with Gasteiger partial charge in [-0.25, -0.2) is 0 Å². The van der Waals surface area contributed by atoms with E-state index in [1.165, 1.54) is 17.3 Å². The highest BCUT2D eigenvalue weighted by Gasteiger charge is 2.23. The molecule has 0 saturated heterocycles. The van der Waals surface area contributed by atoms with E-state index in [2.05, 4.69) is 10.1 Å². The summed E-state index contributed by atoms with van der Waals surface area (Å²) in [6, 6.07) is 15.4. The molecule has 0 saturated carbocycles. The number of rotatable bonds is 7. The Labute approximate surface area is 174 Å². The van der Waals surface area contributed by atoms with Gasteiger partial charge in [0.25, 0.3) is 0 Å². The number of hydrogen-bond donors (Lipinski definition) is 0. The molecule has 0 aliphatic carbocycles. The van der Waals surface area contributed by atoms with Crippen molar-refractivity contribution in [1.29, 1.82) is 0 Å². The van der Waals surface area contributed by atoms with Crippen molar-refractivity contribution >= 4 is 29.3 Å². The summed E-state index contributed by atoms with van der Waals surface area (Å²) in [5.74, 6) is 0.966. The lowest BCUT2D eigenvalue weighted by atomic mass is 10.1. The average molecular weight is 416 g/mol. The zero-order valence-corrected chi connectivity index (χ0v) is 17.6. The van der Waals surface area contributed by atoms with Crippen LogP contribution in [-0.2, 0) is 11.3 Å². The van der Waals surface area contributed by atoms with Gasteiger partial charge in [-0.1, -0.05) is 53.5 Å². The van der Waals surface area contributed by atoms with Gasteiger partial charge in [-0.15, -0.1) is 11.8 Å². The van der Waals surface area contributed by atoms with Gasteiger partial charge >= 0.3 is 0 Å². The van der Waals surface area contributed by atoms with Gasteiger partial charge < -0.3 is 9.42 Å². The molecule has 0 N–H and O–H groups in total. The topological polar surface area (TPSA) is 59.2 Å². The molecule has 0 aliphatic rings. The molecule has 0 aliphatic heterocycles. The first-order valence-corrected chi connectivity index (χ1v) is 10.3. The smallest absolute Gasteiger partial charge is 0.246 e. The van der Waals surface area contributed by atoms with Crippen LogP contribution in [0, 0.1) is 6.92 Å². The standard InChI is InChI=1S/C21H22ClN3O2S/c1-4-18(28-17-11-9-16(22)10-12-17)21(26)25(3)13-19-23-20(24-27-19)15-7-5-14(2)6-8-15/h5-12,18H,4,13H2,1-3H3/t18-/m0/s1. The van der Waals surface area contributed by atoms with Crippen LogP contribution in [0.4, 0.5) is 0 Å². The van der Waals surface area contributed by atoms with Gasteiger partial charge in [0.15, 0.2) is 0 Å². The minimum absolute atomic E-state index is 0.0255. The maximum absolute atomic E-state index is 12.9. The molecule has 1 amide bonds. The number of aromatic nitrogens is 2. The number of thioether (sulfide) groups is 1. The summed E-state index contributed by atoms with van der Waals surface area (Å²) in [4.78, 5) is 19.9. The highest BCUT2D eigenvalue weighted by atomic mass is 35.5. The second kappa shape index (κ2) is 9.26. The Kier molecular flexibility index (Phi) is 6.75. The first-order chi connectivity index (χ1) is 13.5. The van der Waals surface area contributed by atoms with Crippen molar-refractivity contribution in [2.24, 2.45) is 0 Å². The zero-order valence-electron chi connectivity index (χ0n) is 16.1. The monoisotopic (exact) mass is 415 g/mol. The number of aryl methyl sites for hydroxylation is 1. The van der Waals surface area contributed by atoms with Crippen molar-refractivity contribution < 1.29 is 9.32 Å². The van der Waals surface area contributed by atoms with E-state index in [9.17, 15) is 4.79 Å². The van der Waals surface area contributed by atoms with Crippen LogP contribution in [0.3, 0.4) is 0 Å². The molecule has 0 fully saturated rings.